The van der Waals surface area contributed by atoms with Crippen molar-refractivity contribution in [3.63, 3.8) is 0 Å². The zero-order valence-corrected chi connectivity index (χ0v) is 7.75. The number of methoxy groups -OCH3 is 1. The van der Waals surface area contributed by atoms with Crippen LogP contribution in [0.25, 0.3) is 0 Å². The molecule has 0 radical (unpaired) electrons. The van der Waals surface area contributed by atoms with E-state index < -0.39 is 0 Å². The summed E-state index contributed by atoms with van der Waals surface area (Å²) in [7, 11) is 1.57. The summed E-state index contributed by atoms with van der Waals surface area (Å²) in [6.07, 6.45) is 6.30. The summed E-state index contributed by atoms with van der Waals surface area (Å²) < 4.78 is 4.83. The molecule has 1 aliphatic carbocycles. The quantitative estimate of drug-likeness (QED) is 0.601. The van der Waals surface area contributed by atoms with Crippen molar-refractivity contribution in [2.75, 3.05) is 13.7 Å². The number of Topliss-reactive ketones (excluding diaryl/α,β-unsaturated/α-hetero) is 1. The van der Waals surface area contributed by atoms with Gasteiger partial charge in [0.15, 0.2) is 5.78 Å². The van der Waals surface area contributed by atoms with Crippen molar-refractivity contribution >= 4 is 5.78 Å². The summed E-state index contributed by atoms with van der Waals surface area (Å²) >= 11 is 0. The predicted molar refractivity (Wildman–Crippen MR) is 47.9 cm³/mol. The molecule has 0 aromatic heterocycles. The average Bonchev–Trinajstić information content (AvgIpc) is 2.05. The lowest BCUT2D eigenvalue weighted by molar-refractivity contribution is -0.127. The van der Waals surface area contributed by atoms with Gasteiger partial charge in [-0.05, 0) is 18.8 Å². The minimum Gasteiger partial charge on any atom is -0.377 e. The highest BCUT2D eigenvalue weighted by molar-refractivity contribution is 5.82. The van der Waals surface area contributed by atoms with Crippen molar-refractivity contribution in [3.8, 4) is 0 Å². The van der Waals surface area contributed by atoms with E-state index in [1.807, 2.05) is 0 Å². The number of carbonyl (C=O) groups is 1. The molecular formula is C10H16O2. The zero-order chi connectivity index (χ0) is 8.97. The van der Waals surface area contributed by atoms with Gasteiger partial charge >= 0.3 is 0 Å². The highest BCUT2D eigenvalue weighted by atomic mass is 16.5. The molecule has 0 saturated carbocycles. The molecule has 0 aliphatic heterocycles. The van der Waals surface area contributed by atoms with Crippen LogP contribution in [0.15, 0.2) is 12.2 Å². The number of rotatable bonds is 3. The predicted octanol–water partition coefficient (Wildman–Crippen LogP) is 1.80. The van der Waals surface area contributed by atoms with E-state index in [-0.39, 0.29) is 18.3 Å². The summed E-state index contributed by atoms with van der Waals surface area (Å²) in [6, 6.07) is 0. The molecule has 2 unspecified atom stereocenters. The fraction of sp³-hybridized carbons (Fsp3) is 0.700. The lowest BCUT2D eigenvalue weighted by Gasteiger charge is -2.22. The number of ether oxygens (including phenoxy) is 1. The first-order valence-corrected chi connectivity index (χ1v) is 4.44. The number of allylic oxidation sites excluding steroid dienone is 2. The molecule has 0 amide bonds. The summed E-state index contributed by atoms with van der Waals surface area (Å²) in [5.74, 6) is 0.825. The maximum atomic E-state index is 11.4. The molecule has 0 bridgehead atoms. The van der Waals surface area contributed by atoms with Crippen LogP contribution in [0.5, 0.6) is 0 Å². The van der Waals surface area contributed by atoms with Gasteiger partial charge in [-0.2, -0.15) is 0 Å². The van der Waals surface area contributed by atoms with Gasteiger partial charge in [0.05, 0.1) is 0 Å². The van der Waals surface area contributed by atoms with Gasteiger partial charge in [-0.1, -0.05) is 19.1 Å². The topological polar surface area (TPSA) is 26.3 Å². The third-order valence-electron chi connectivity index (χ3n) is 2.42. The van der Waals surface area contributed by atoms with Crippen molar-refractivity contribution in [3.05, 3.63) is 12.2 Å². The number of hydrogen-bond acceptors (Lipinski definition) is 2. The van der Waals surface area contributed by atoms with Crippen LogP contribution in [-0.4, -0.2) is 19.5 Å². The van der Waals surface area contributed by atoms with Gasteiger partial charge in [0, 0.05) is 13.0 Å². The van der Waals surface area contributed by atoms with Gasteiger partial charge < -0.3 is 4.74 Å². The molecule has 0 N–H and O–H groups in total. The molecule has 1 rings (SSSR count). The monoisotopic (exact) mass is 168 g/mol. The Kier molecular flexibility index (Phi) is 3.48. The highest BCUT2D eigenvalue weighted by Gasteiger charge is 2.24. The lowest BCUT2D eigenvalue weighted by Crippen LogP contribution is -2.26. The molecule has 2 heteroatoms. The highest BCUT2D eigenvalue weighted by Crippen LogP contribution is 2.24. The Morgan fingerprint density at radius 3 is 3.00 bits per heavy atom. The second kappa shape index (κ2) is 4.41. The normalized spacial score (nSPS) is 28.8. The largest absolute Gasteiger partial charge is 0.377 e. The van der Waals surface area contributed by atoms with Gasteiger partial charge in [0.25, 0.3) is 0 Å². The van der Waals surface area contributed by atoms with Gasteiger partial charge in [0.1, 0.15) is 6.61 Å². The van der Waals surface area contributed by atoms with Crippen molar-refractivity contribution in [1.29, 1.82) is 0 Å². The molecule has 68 valence electrons. The van der Waals surface area contributed by atoms with Crippen molar-refractivity contribution in [2.45, 2.75) is 19.8 Å². The average molecular weight is 168 g/mol. The van der Waals surface area contributed by atoms with Crippen LogP contribution in [0, 0.1) is 11.8 Å². The van der Waals surface area contributed by atoms with E-state index in [1.165, 1.54) is 0 Å². The van der Waals surface area contributed by atoms with Gasteiger partial charge in [-0.25, -0.2) is 0 Å². The second-order valence-corrected chi connectivity index (χ2v) is 3.37. The van der Waals surface area contributed by atoms with Crippen LogP contribution in [0.3, 0.4) is 0 Å². The zero-order valence-electron chi connectivity index (χ0n) is 7.75. The van der Waals surface area contributed by atoms with Crippen LogP contribution in [0.4, 0.5) is 0 Å². The SMILES string of the molecule is COCC(=O)C1CCC=CC1C. The van der Waals surface area contributed by atoms with E-state index in [9.17, 15) is 4.79 Å². The Labute approximate surface area is 73.6 Å². The van der Waals surface area contributed by atoms with Crippen molar-refractivity contribution < 1.29 is 9.53 Å². The minimum atomic E-state index is 0.190. The minimum absolute atomic E-state index is 0.190. The summed E-state index contributed by atoms with van der Waals surface area (Å²) in [6.45, 7) is 2.36. The maximum Gasteiger partial charge on any atom is 0.162 e. The van der Waals surface area contributed by atoms with Crippen LogP contribution in [-0.2, 0) is 9.53 Å². The van der Waals surface area contributed by atoms with E-state index in [1.54, 1.807) is 7.11 Å². The number of carbonyl (C=O) groups excluding carboxylic acids is 1. The summed E-state index contributed by atoms with van der Waals surface area (Å²) in [5.41, 5.74) is 0. The van der Waals surface area contributed by atoms with Gasteiger partial charge in [-0.15, -0.1) is 0 Å². The molecule has 0 spiro atoms. The second-order valence-electron chi connectivity index (χ2n) is 3.37. The van der Waals surface area contributed by atoms with Crippen molar-refractivity contribution in [2.24, 2.45) is 11.8 Å². The van der Waals surface area contributed by atoms with Crippen LogP contribution < -0.4 is 0 Å². The molecular weight excluding hydrogens is 152 g/mol. The molecule has 0 fully saturated rings. The first-order chi connectivity index (χ1) is 5.75. The van der Waals surface area contributed by atoms with Crippen LogP contribution >= 0.6 is 0 Å². The van der Waals surface area contributed by atoms with E-state index in [0.717, 1.165) is 12.8 Å². The van der Waals surface area contributed by atoms with Gasteiger partial charge in [-0.3, -0.25) is 4.79 Å². The smallest absolute Gasteiger partial charge is 0.162 e. The van der Waals surface area contributed by atoms with Crippen LogP contribution in [0.2, 0.25) is 0 Å². The Hall–Kier alpha value is -0.630. The maximum absolute atomic E-state index is 11.4. The number of hydrogen-bond donors (Lipinski definition) is 0. The molecule has 2 nitrogen and oxygen atoms in total. The Morgan fingerprint density at radius 1 is 1.67 bits per heavy atom. The van der Waals surface area contributed by atoms with E-state index in [2.05, 4.69) is 19.1 Å². The molecule has 0 heterocycles. The molecule has 0 aromatic carbocycles. The molecule has 1 aliphatic rings. The van der Waals surface area contributed by atoms with Gasteiger partial charge in [0.2, 0.25) is 0 Å². The first kappa shape index (κ1) is 9.46. The van der Waals surface area contributed by atoms with E-state index in [0.29, 0.717) is 5.92 Å². The lowest BCUT2D eigenvalue weighted by atomic mass is 9.82. The van der Waals surface area contributed by atoms with Crippen LogP contribution in [0.1, 0.15) is 19.8 Å². The fourth-order valence-corrected chi connectivity index (χ4v) is 1.69. The van der Waals surface area contributed by atoms with E-state index in [4.69, 9.17) is 4.74 Å². The summed E-state index contributed by atoms with van der Waals surface area (Å²) in [4.78, 5) is 11.4. The Bertz CT molecular complexity index is 184. The van der Waals surface area contributed by atoms with E-state index >= 15 is 0 Å². The molecule has 12 heavy (non-hydrogen) atoms. The Morgan fingerprint density at radius 2 is 2.42 bits per heavy atom. The summed E-state index contributed by atoms with van der Waals surface area (Å²) in [5, 5.41) is 0. The fourth-order valence-electron chi connectivity index (χ4n) is 1.69. The third kappa shape index (κ3) is 2.18. The third-order valence-corrected chi connectivity index (χ3v) is 2.42. The van der Waals surface area contributed by atoms with Crippen molar-refractivity contribution in [1.82, 2.24) is 0 Å². The number of ketones is 1. The molecule has 2 atom stereocenters. The first-order valence-electron chi connectivity index (χ1n) is 4.44. The standard InChI is InChI=1S/C10H16O2/c1-8-5-3-4-6-9(8)10(11)7-12-2/h3,5,8-9H,4,6-7H2,1-2H3. The molecule has 0 aromatic rings. The molecule has 0 saturated heterocycles. The Balaban J connectivity index is 2.50.